The van der Waals surface area contributed by atoms with E-state index in [1.165, 1.54) is 12.1 Å². The van der Waals surface area contributed by atoms with Crippen LogP contribution in [0.1, 0.15) is 15.9 Å². The molecule has 0 aliphatic rings. The first-order valence-electron chi connectivity index (χ1n) is 6.60. The van der Waals surface area contributed by atoms with Gasteiger partial charge in [-0.25, -0.2) is 4.39 Å². The predicted octanol–water partition coefficient (Wildman–Crippen LogP) is 3.60. The number of benzene rings is 2. The largest absolute Gasteiger partial charge is 0.319 e. The molecule has 0 aromatic heterocycles. The van der Waals surface area contributed by atoms with Crippen molar-refractivity contribution in [2.24, 2.45) is 0 Å². The molecule has 3 nitrogen and oxygen atoms in total. The molecule has 2 aromatic rings. The molecule has 2 aromatic carbocycles. The van der Waals surface area contributed by atoms with Gasteiger partial charge in [-0.15, -0.1) is 0 Å². The zero-order chi connectivity index (χ0) is 15.2. The molecular weight excluding hydrogens is 335 g/mol. The molecule has 0 radical (unpaired) electrons. The highest BCUT2D eigenvalue weighted by molar-refractivity contribution is 9.10. The first kappa shape index (κ1) is 15.7. The molecule has 2 N–H and O–H groups in total. The summed E-state index contributed by atoms with van der Waals surface area (Å²) in [6.07, 6.45) is 0.739. The van der Waals surface area contributed by atoms with Crippen molar-refractivity contribution in [2.45, 2.75) is 6.42 Å². The van der Waals surface area contributed by atoms with Crippen molar-refractivity contribution in [3.63, 3.8) is 0 Å². The van der Waals surface area contributed by atoms with Crippen LogP contribution in [0.25, 0.3) is 0 Å². The van der Waals surface area contributed by atoms with Crippen LogP contribution in [0.5, 0.6) is 0 Å². The lowest BCUT2D eigenvalue weighted by Gasteiger charge is -2.11. The van der Waals surface area contributed by atoms with Crippen LogP contribution in [0.4, 0.5) is 10.1 Å². The molecule has 2 rings (SSSR count). The monoisotopic (exact) mass is 350 g/mol. The Morgan fingerprint density at radius 3 is 2.71 bits per heavy atom. The van der Waals surface area contributed by atoms with Crippen LogP contribution in [0.15, 0.2) is 46.9 Å². The predicted molar refractivity (Wildman–Crippen MR) is 86.1 cm³/mol. The van der Waals surface area contributed by atoms with Gasteiger partial charge in [0.25, 0.3) is 5.91 Å². The summed E-state index contributed by atoms with van der Waals surface area (Å²) in [4.78, 5) is 12.3. The van der Waals surface area contributed by atoms with Crippen LogP contribution in [-0.2, 0) is 6.42 Å². The van der Waals surface area contributed by atoms with Gasteiger partial charge in [-0.2, -0.15) is 0 Å². The molecule has 1 amide bonds. The van der Waals surface area contributed by atoms with Crippen LogP contribution >= 0.6 is 15.9 Å². The zero-order valence-electron chi connectivity index (χ0n) is 11.6. The fraction of sp³-hybridized carbons (Fsp3) is 0.188. The standard InChI is InChI=1S/C16H16BrFN2O/c1-19-9-8-11-4-2-3-5-13(11)16(21)20-15-7-6-12(17)10-14(15)18/h2-7,10,19H,8-9H2,1H3,(H,20,21). The van der Waals surface area contributed by atoms with E-state index in [1.54, 1.807) is 18.2 Å². The molecule has 5 heteroatoms. The molecule has 0 aliphatic carbocycles. The Labute approximate surface area is 131 Å². The maximum absolute atomic E-state index is 13.8. The first-order chi connectivity index (χ1) is 10.1. The SMILES string of the molecule is CNCCc1ccccc1C(=O)Nc1ccc(Br)cc1F. The highest BCUT2D eigenvalue weighted by Gasteiger charge is 2.13. The third-order valence-electron chi connectivity index (χ3n) is 3.09. The van der Waals surface area contributed by atoms with Crippen LogP contribution in [0.2, 0.25) is 0 Å². The van der Waals surface area contributed by atoms with E-state index >= 15 is 0 Å². The van der Waals surface area contributed by atoms with E-state index in [4.69, 9.17) is 0 Å². The zero-order valence-corrected chi connectivity index (χ0v) is 13.2. The number of carbonyl (C=O) groups is 1. The fourth-order valence-electron chi connectivity index (χ4n) is 2.00. The quantitative estimate of drug-likeness (QED) is 0.864. The van der Waals surface area contributed by atoms with Gasteiger partial charge in [-0.3, -0.25) is 4.79 Å². The lowest BCUT2D eigenvalue weighted by atomic mass is 10.0. The van der Waals surface area contributed by atoms with Gasteiger partial charge in [-0.05, 0) is 49.8 Å². The number of carbonyl (C=O) groups excluding carboxylic acids is 1. The van der Waals surface area contributed by atoms with Crippen molar-refractivity contribution in [3.05, 3.63) is 63.9 Å². The topological polar surface area (TPSA) is 41.1 Å². The molecule has 0 bridgehead atoms. The molecule has 0 fully saturated rings. The number of halogens is 2. The molecule has 0 saturated heterocycles. The van der Waals surface area contributed by atoms with Crippen molar-refractivity contribution >= 4 is 27.5 Å². The van der Waals surface area contributed by atoms with E-state index in [1.807, 2.05) is 19.2 Å². The summed E-state index contributed by atoms with van der Waals surface area (Å²) in [5.74, 6) is -0.770. The van der Waals surface area contributed by atoms with Crippen LogP contribution in [-0.4, -0.2) is 19.5 Å². The van der Waals surface area contributed by atoms with Gasteiger partial charge in [0.05, 0.1) is 5.69 Å². The van der Waals surface area contributed by atoms with Crippen molar-refractivity contribution in [1.82, 2.24) is 5.32 Å². The third-order valence-corrected chi connectivity index (χ3v) is 3.58. The van der Waals surface area contributed by atoms with Gasteiger partial charge in [0, 0.05) is 10.0 Å². The van der Waals surface area contributed by atoms with Gasteiger partial charge in [0.1, 0.15) is 5.82 Å². The lowest BCUT2D eigenvalue weighted by molar-refractivity contribution is 0.102. The molecule has 0 unspecified atom stereocenters. The Hall–Kier alpha value is -1.72. The maximum Gasteiger partial charge on any atom is 0.256 e. The number of hydrogen-bond acceptors (Lipinski definition) is 2. The van der Waals surface area contributed by atoms with Crippen molar-refractivity contribution in [1.29, 1.82) is 0 Å². The van der Waals surface area contributed by atoms with Crippen LogP contribution in [0.3, 0.4) is 0 Å². The average molecular weight is 351 g/mol. The number of nitrogens with one attached hydrogen (secondary N) is 2. The Bertz CT molecular complexity index is 646. The molecule has 0 atom stereocenters. The summed E-state index contributed by atoms with van der Waals surface area (Å²) in [5, 5.41) is 5.67. The first-order valence-corrected chi connectivity index (χ1v) is 7.40. The molecule has 0 spiro atoms. The minimum absolute atomic E-state index is 0.173. The van der Waals surface area contributed by atoms with Gasteiger partial charge < -0.3 is 10.6 Å². The van der Waals surface area contributed by atoms with Gasteiger partial charge in [0.15, 0.2) is 0 Å². The summed E-state index contributed by atoms with van der Waals surface area (Å²) < 4.78 is 14.4. The van der Waals surface area contributed by atoms with E-state index in [2.05, 4.69) is 26.6 Å². The van der Waals surface area contributed by atoms with E-state index < -0.39 is 5.82 Å². The van der Waals surface area contributed by atoms with E-state index in [9.17, 15) is 9.18 Å². The summed E-state index contributed by atoms with van der Waals surface area (Å²) in [6, 6.07) is 11.9. The molecule has 0 heterocycles. The number of rotatable bonds is 5. The molecule has 110 valence electrons. The van der Waals surface area contributed by atoms with Crippen LogP contribution < -0.4 is 10.6 Å². The summed E-state index contributed by atoms with van der Waals surface area (Å²) in [6.45, 7) is 0.775. The number of likely N-dealkylation sites (N-methyl/N-ethyl adjacent to an activating group) is 1. The van der Waals surface area contributed by atoms with E-state index in [0.29, 0.717) is 10.0 Å². The lowest BCUT2D eigenvalue weighted by Crippen LogP contribution is -2.17. The number of hydrogen-bond donors (Lipinski definition) is 2. The van der Waals surface area contributed by atoms with E-state index in [0.717, 1.165) is 18.5 Å². The Kier molecular flexibility index (Phi) is 5.47. The number of anilines is 1. The van der Waals surface area contributed by atoms with Crippen molar-refractivity contribution in [2.75, 3.05) is 18.9 Å². The fourth-order valence-corrected chi connectivity index (χ4v) is 2.33. The summed E-state index contributed by atoms with van der Waals surface area (Å²) in [5.41, 5.74) is 1.67. The molecule has 21 heavy (non-hydrogen) atoms. The number of amides is 1. The Morgan fingerprint density at radius 2 is 2.00 bits per heavy atom. The highest BCUT2D eigenvalue weighted by atomic mass is 79.9. The maximum atomic E-state index is 13.8. The van der Waals surface area contributed by atoms with Crippen LogP contribution in [0, 0.1) is 5.82 Å². The van der Waals surface area contributed by atoms with Crippen molar-refractivity contribution < 1.29 is 9.18 Å². The van der Waals surface area contributed by atoms with Crippen molar-refractivity contribution in [3.8, 4) is 0 Å². The van der Waals surface area contributed by atoms with E-state index in [-0.39, 0.29) is 11.6 Å². The Morgan fingerprint density at radius 1 is 1.24 bits per heavy atom. The summed E-state index contributed by atoms with van der Waals surface area (Å²) in [7, 11) is 1.86. The second-order valence-corrected chi connectivity index (χ2v) is 5.50. The van der Waals surface area contributed by atoms with Gasteiger partial charge >= 0.3 is 0 Å². The van der Waals surface area contributed by atoms with Gasteiger partial charge in [-0.1, -0.05) is 34.1 Å². The minimum atomic E-state index is -0.467. The highest BCUT2D eigenvalue weighted by Crippen LogP contribution is 2.20. The molecule has 0 saturated carbocycles. The average Bonchev–Trinajstić information content (AvgIpc) is 2.48. The normalized spacial score (nSPS) is 10.4. The third kappa shape index (κ3) is 4.12. The summed E-state index contributed by atoms with van der Waals surface area (Å²) >= 11 is 3.19. The molecule has 0 aliphatic heterocycles. The smallest absolute Gasteiger partial charge is 0.256 e. The Balaban J connectivity index is 2.20. The minimum Gasteiger partial charge on any atom is -0.319 e. The second-order valence-electron chi connectivity index (χ2n) is 4.59. The second kappa shape index (κ2) is 7.33. The molecular formula is C16H16BrFN2O. The van der Waals surface area contributed by atoms with Gasteiger partial charge in [0.2, 0.25) is 0 Å².